The smallest absolute Gasteiger partial charge is 0.0688 e. The zero-order chi connectivity index (χ0) is 12.5. The van der Waals surface area contributed by atoms with Crippen molar-refractivity contribution in [2.45, 2.75) is 51.6 Å². The molecule has 1 aromatic rings. The Morgan fingerprint density at radius 1 is 1.29 bits per heavy atom. The molecule has 1 saturated carbocycles. The highest BCUT2D eigenvalue weighted by Gasteiger charge is 2.36. The molecule has 1 N–H and O–H groups in total. The van der Waals surface area contributed by atoms with Gasteiger partial charge in [0.1, 0.15) is 0 Å². The molecule has 2 rings (SSSR count). The Morgan fingerprint density at radius 2 is 1.94 bits per heavy atom. The first kappa shape index (κ1) is 12.8. The van der Waals surface area contributed by atoms with Gasteiger partial charge in [0.2, 0.25) is 0 Å². The van der Waals surface area contributed by atoms with Gasteiger partial charge in [0.15, 0.2) is 0 Å². The Bertz CT molecular complexity index is 393. The Balaban J connectivity index is 2.07. The van der Waals surface area contributed by atoms with E-state index in [-0.39, 0.29) is 0 Å². The fourth-order valence-electron chi connectivity index (χ4n) is 2.47. The van der Waals surface area contributed by atoms with Crippen molar-refractivity contribution >= 4 is 11.6 Å². The average molecular weight is 254 g/mol. The summed E-state index contributed by atoms with van der Waals surface area (Å²) in [5, 5.41) is 11.3. The second-order valence-corrected chi connectivity index (χ2v) is 6.44. The number of rotatable bonds is 2. The van der Waals surface area contributed by atoms with Gasteiger partial charge in [-0.05, 0) is 42.7 Å². The molecule has 17 heavy (non-hydrogen) atoms. The van der Waals surface area contributed by atoms with Gasteiger partial charge in [-0.3, -0.25) is 4.98 Å². The fourth-order valence-corrected chi connectivity index (χ4v) is 2.66. The van der Waals surface area contributed by atoms with E-state index >= 15 is 0 Å². The van der Waals surface area contributed by atoms with Gasteiger partial charge in [-0.2, -0.15) is 0 Å². The summed E-state index contributed by atoms with van der Waals surface area (Å²) < 4.78 is 0. The van der Waals surface area contributed by atoms with Gasteiger partial charge in [0, 0.05) is 18.8 Å². The molecule has 0 aromatic carbocycles. The monoisotopic (exact) mass is 253 g/mol. The lowest BCUT2D eigenvalue weighted by molar-refractivity contribution is -0.0251. The van der Waals surface area contributed by atoms with Gasteiger partial charge in [0.25, 0.3) is 0 Å². The predicted octanol–water partition coefficient (Wildman–Crippen LogP) is 3.61. The molecule has 2 nitrogen and oxygen atoms in total. The number of hydrogen-bond acceptors (Lipinski definition) is 2. The molecule has 1 aliphatic rings. The van der Waals surface area contributed by atoms with Crippen LogP contribution in [0.5, 0.6) is 0 Å². The molecule has 1 aromatic heterocycles. The minimum atomic E-state index is -0.583. The Kier molecular flexibility index (Phi) is 3.46. The first-order valence-corrected chi connectivity index (χ1v) is 6.59. The highest BCUT2D eigenvalue weighted by molar-refractivity contribution is 6.31. The minimum absolute atomic E-state index is 0.369. The summed E-state index contributed by atoms with van der Waals surface area (Å²) in [6.07, 6.45) is 7.89. The Morgan fingerprint density at radius 3 is 2.53 bits per heavy atom. The van der Waals surface area contributed by atoms with Crippen LogP contribution in [0.4, 0.5) is 0 Å². The maximum atomic E-state index is 10.6. The molecule has 0 unspecified atom stereocenters. The molecule has 94 valence electrons. The van der Waals surface area contributed by atoms with E-state index in [1.165, 1.54) is 0 Å². The molecule has 1 fully saturated rings. The standard InChI is InChI=1S/C14H20ClNO/c1-13(2)4-6-14(17,7-5-13)9-11-3-8-16-10-12(11)15/h3,8,10,17H,4-7,9H2,1-2H3. The average Bonchev–Trinajstić information content (AvgIpc) is 2.27. The second kappa shape index (κ2) is 4.58. The zero-order valence-electron chi connectivity index (χ0n) is 10.5. The molecular formula is C14H20ClNO. The van der Waals surface area contributed by atoms with Crippen molar-refractivity contribution in [1.82, 2.24) is 4.98 Å². The number of aliphatic hydroxyl groups is 1. The molecule has 3 heteroatoms. The van der Waals surface area contributed by atoms with Crippen LogP contribution in [0.15, 0.2) is 18.5 Å². The molecule has 0 saturated heterocycles. The predicted molar refractivity (Wildman–Crippen MR) is 70.1 cm³/mol. The second-order valence-electron chi connectivity index (χ2n) is 6.03. The summed E-state index contributed by atoms with van der Waals surface area (Å²) in [6.45, 7) is 4.54. The van der Waals surface area contributed by atoms with Crippen molar-refractivity contribution < 1.29 is 5.11 Å². The van der Waals surface area contributed by atoms with Crippen LogP contribution in [0.25, 0.3) is 0 Å². The van der Waals surface area contributed by atoms with Crippen molar-refractivity contribution in [3.05, 3.63) is 29.0 Å². The molecule has 0 radical (unpaired) electrons. The van der Waals surface area contributed by atoms with Crippen molar-refractivity contribution in [2.75, 3.05) is 0 Å². The molecule has 0 aliphatic heterocycles. The summed E-state index contributed by atoms with van der Waals surface area (Å²) in [6, 6.07) is 1.90. The maximum absolute atomic E-state index is 10.6. The third kappa shape index (κ3) is 3.20. The third-order valence-electron chi connectivity index (χ3n) is 3.91. The van der Waals surface area contributed by atoms with Gasteiger partial charge in [-0.15, -0.1) is 0 Å². The van der Waals surface area contributed by atoms with Gasteiger partial charge in [0.05, 0.1) is 10.6 Å². The highest BCUT2D eigenvalue weighted by Crippen LogP contribution is 2.41. The van der Waals surface area contributed by atoms with Gasteiger partial charge < -0.3 is 5.11 Å². The fraction of sp³-hybridized carbons (Fsp3) is 0.643. The Labute approximate surface area is 108 Å². The molecular weight excluding hydrogens is 234 g/mol. The van der Waals surface area contributed by atoms with E-state index in [0.29, 0.717) is 16.9 Å². The lowest BCUT2D eigenvalue weighted by Gasteiger charge is -2.40. The van der Waals surface area contributed by atoms with Gasteiger partial charge in [-0.1, -0.05) is 25.4 Å². The summed E-state index contributed by atoms with van der Waals surface area (Å²) in [4.78, 5) is 3.97. The first-order valence-electron chi connectivity index (χ1n) is 6.21. The number of hydrogen-bond donors (Lipinski definition) is 1. The van der Waals surface area contributed by atoms with E-state index in [4.69, 9.17) is 11.6 Å². The van der Waals surface area contributed by atoms with Crippen molar-refractivity contribution in [1.29, 1.82) is 0 Å². The van der Waals surface area contributed by atoms with Crippen molar-refractivity contribution in [2.24, 2.45) is 5.41 Å². The maximum Gasteiger partial charge on any atom is 0.0688 e. The largest absolute Gasteiger partial charge is 0.390 e. The quantitative estimate of drug-likeness (QED) is 0.874. The first-order chi connectivity index (χ1) is 7.90. The minimum Gasteiger partial charge on any atom is -0.390 e. The van der Waals surface area contributed by atoms with E-state index in [9.17, 15) is 5.11 Å². The molecule has 1 aliphatic carbocycles. The summed E-state index contributed by atoms with van der Waals surface area (Å²) in [7, 11) is 0. The van der Waals surface area contributed by atoms with Crippen LogP contribution in [0.3, 0.4) is 0 Å². The van der Waals surface area contributed by atoms with Crippen LogP contribution in [-0.2, 0) is 6.42 Å². The SMILES string of the molecule is CC1(C)CCC(O)(Cc2ccncc2Cl)CC1. The number of aromatic nitrogens is 1. The molecule has 0 amide bonds. The highest BCUT2D eigenvalue weighted by atomic mass is 35.5. The van der Waals surface area contributed by atoms with Crippen LogP contribution in [-0.4, -0.2) is 15.7 Å². The van der Waals surface area contributed by atoms with E-state index in [1.54, 1.807) is 12.4 Å². The number of nitrogens with zero attached hydrogens (tertiary/aromatic N) is 1. The van der Waals surface area contributed by atoms with E-state index in [2.05, 4.69) is 18.8 Å². The summed E-state index contributed by atoms with van der Waals surface area (Å²) in [5.74, 6) is 0. The van der Waals surface area contributed by atoms with Crippen LogP contribution in [0.1, 0.15) is 45.1 Å². The van der Waals surface area contributed by atoms with Gasteiger partial charge >= 0.3 is 0 Å². The molecule has 1 heterocycles. The van der Waals surface area contributed by atoms with E-state index in [1.807, 2.05) is 6.07 Å². The van der Waals surface area contributed by atoms with E-state index in [0.717, 1.165) is 31.2 Å². The normalized spacial score (nSPS) is 22.4. The molecule has 0 atom stereocenters. The van der Waals surface area contributed by atoms with Crippen LogP contribution < -0.4 is 0 Å². The van der Waals surface area contributed by atoms with Crippen LogP contribution in [0.2, 0.25) is 5.02 Å². The van der Waals surface area contributed by atoms with E-state index < -0.39 is 5.60 Å². The van der Waals surface area contributed by atoms with Crippen molar-refractivity contribution in [3.63, 3.8) is 0 Å². The zero-order valence-corrected chi connectivity index (χ0v) is 11.3. The third-order valence-corrected chi connectivity index (χ3v) is 4.25. The van der Waals surface area contributed by atoms with Gasteiger partial charge in [-0.25, -0.2) is 0 Å². The topological polar surface area (TPSA) is 33.1 Å². The number of halogens is 1. The summed E-state index contributed by atoms with van der Waals surface area (Å²) >= 11 is 6.09. The van der Waals surface area contributed by atoms with Crippen LogP contribution in [0, 0.1) is 5.41 Å². The Hall–Kier alpha value is -0.600. The number of pyridine rings is 1. The van der Waals surface area contributed by atoms with Crippen molar-refractivity contribution in [3.8, 4) is 0 Å². The lowest BCUT2D eigenvalue weighted by Crippen LogP contribution is -2.38. The lowest BCUT2D eigenvalue weighted by atomic mass is 9.69. The van der Waals surface area contributed by atoms with Crippen LogP contribution >= 0.6 is 11.6 Å². The molecule has 0 spiro atoms. The summed E-state index contributed by atoms with van der Waals surface area (Å²) in [5.41, 5.74) is 0.790. The molecule has 0 bridgehead atoms.